The number of nitrogens with one attached hydrogen (secondary N) is 2. The number of thiazole rings is 1. The summed E-state index contributed by atoms with van der Waals surface area (Å²) in [4.78, 5) is 32.2. The first-order valence-electron chi connectivity index (χ1n) is 11.7. The minimum absolute atomic E-state index is 0.0236. The lowest BCUT2D eigenvalue weighted by atomic mass is 9.95. The van der Waals surface area contributed by atoms with Crippen LogP contribution in [0.5, 0.6) is 0 Å². The molecule has 0 unspecified atom stereocenters. The number of piperidine rings is 1. The quantitative estimate of drug-likeness (QED) is 0.316. The number of carbonyl (C=O) groups excluding carboxylic acids is 2. The predicted molar refractivity (Wildman–Crippen MR) is 142 cm³/mol. The molecule has 2 amide bonds. The highest BCUT2D eigenvalue weighted by atomic mass is 35.5. The van der Waals surface area contributed by atoms with Crippen LogP contribution in [0.2, 0.25) is 5.02 Å². The number of fused-ring (bicyclic) bond motifs is 1. The van der Waals surface area contributed by atoms with E-state index in [0.29, 0.717) is 16.3 Å². The van der Waals surface area contributed by atoms with E-state index in [4.69, 9.17) is 11.6 Å². The van der Waals surface area contributed by atoms with Crippen LogP contribution in [0.3, 0.4) is 0 Å². The van der Waals surface area contributed by atoms with Gasteiger partial charge in [-0.2, -0.15) is 0 Å². The molecule has 1 saturated heterocycles. The molecular formula is C27H24ClFN4O2S. The third-order valence-electron chi connectivity index (χ3n) is 6.26. The monoisotopic (exact) mass is 522 g/mol. The Morgan fingerprint density at radius 3 is 2.56 bits per heavy atom. The molecule has 0 atom stereocenters. The summed E-state index contributed by atoms with van der Waals surface area (Å²) in [5.74, 6) is -0.975. The molecule has 2 heterocycles. The van der Waals surface area contributed by atoms with Crippen molar-refractivity contribution in [3.05, 3.63) is 88.7 Å². The molecule has 184 valence electrons. The summed E-state index contributed by atoms with van der Waals surface area (Å²) in [5.41, 5.74) is 2.85. The van der Waals surface area contributed by atoms with Gasteiger partial charge in [-0.25, -0.2) is 9.37 Å². The first-order valence-corrected chi connectivity index (χ1v) is 12.9. The maximum absolute atomic E-state index is 13.3. The van der Waals surface area contributed by atoms with Gasteiger partial charge in [0.25, 0.3) is 5.91 Å². The smallest absolute Gasteiger partial charge is 0.258 e. The summed E-state index contributed by atoms with van der Waals surface area (Å²) in [7, 11) is 0. The molecule has 36 heavy (non-hydrogen) atoms. The standard InChI is InChI=1S/C27H24ClFN4O2S/c28-22-14-19(29)6-8-21(22)26(35)32-27-31-23-9-7-20(15-24(23)36-27)30-25(34)18-10-12-33(13-11-18)16-17-4-2-1-3-5-17/h1-9,14-15,18H,10-13,16H2,(H,30,34)(H,31,32,35). The third kappa shape index (κ3) is 5.73. The van der Waals surface area contributed by atoms with Gasteiger partial charge in [0.1, 0.15) is 5.82 Å². The van der Waals surface area contributed by atoms with E-state index in [9.17, 15) is 14.0 Å². The van der Waals surface area contributed by atoms with Gasteiger partial charge in [-0.3, -0.25) is 19.8 Å². The Bertz CT molecular complexity index is 1400. The molecule has 1 aromatic heterocycles. The lowest BCUT2D eigenvalue weighted by molar-refractivity contribution is -0.121. The third-order valence-corrected chi connectivity index (χ3v) is 7.51. The Kier molecular flexibility index (Phi) is 7.27. The molecule has 1 fully saturated rings. The predicted octanol–water partition coefficient (Wildman–Crippen LogP) is 6.19. The van der Waals surface area contributed by atoms with Gasteiger partial charge < -0.3 is 5.32 Å². The van der Waals surface area contributed by atoms with E-state index in [0.717, 1.165) is 43.2 Å². The van der Waals surface area contributed by atoms with Crippen molar-refractivity contribution in [2.75, 3.05) is 23.7 Å². The molecular weight excluding hydrogens is 499 g/mol. The Balaban J connectivity index is 1.18. The highest BCUT2D eigenvalue weighted by Gasteiger charge is 2.25. The van der Waals surface area contributed by atoms with Gasteiger partial charge in [-0.05, 0) is 67.9 Å². The van der Waals surface area contributed by atoms with Gasteiger partial charge in [0.2, 0.25) is 5.91 Å². The SMILES string of the molecule is O=C(Nc1nc2ccc(NC(=O)C3CCN(Cc4ccccc4)CC3)cc2s1)c1ccc(F)cc1Cl. The molecule has 5 rings (SSSR count). The van der Waals surface area contributed by atoms with Crippen LogP contribution in [0.15, 0.2) is 66.7 Å². The zero-order valence-corrected chi connectivity index (χ0v) is 20.9. The van der Waals surface area contributed by atoms with Gasteiger partial charge in [-0.15, -0.1) is 0 Å². The molecule has 1 aliphatic rings. The van der Waals surface area contributed by atoms with Crippen LogP contribution in [0.25, 0.3) is 10.2 Å². The van der Waals surface area contributed by atoms with Crippen LogP contribution in [-0.2, 0) is 11.3 Å². The molecule has 4 aromatic rings. The summed E-state index contributed by atoms with van der Waals surface area (Å²) < 4.78 is 14.1. The molecule has 0 radical (unpaired) electrons. The van der Waals surface area contributed by atoms with Crippen molar-refractivity contribution < 1.29 is 14.0 Å². The van der Waals surface area contributed by atoms with Crippen LogP contribution < -0.4 is 10.6 Å². The van der Waals surface area contributed by atoms with Gasteiger partial charge in [0.05, 0.1) is 20.8 Å². The lowest BCUT2D eigenvalue weighted by Crippen LogP contribution is -2.37. The number of carbonyl (C=O) groups is 2. The minimum Gasteiger partial charge on any atom is -0.326 e. The number of hydrogen-bond donors (Lipinski definition) is 2. The summed E-state index contributed by atoms with van der Waals surface area (Å²) >= 11 is 7.28. The zero-order valence-electron chi connectivity index (χ0n) is 19.3. The average Bonchev–Trinajstić information content (AvgIpc) is 3.26. The molecule has 9 heteroatoms. The fourth-order valence-corrected chi connectivity index (χ4v) is 5.49. The minimum atomic E-state index is -0.510. The highest BCUT2D eigenvalue weighted by molar-refractivity contribution is 7.22. The average molecular weight is 523 g/mol. The van der Waals surface area contributed by atoms with Crippen molar-refractivity contribution in [3.63, 3.8) is 0 Å². The second-order valence-corrected chi connectivity index (χ2v) is 10.2. The van der Waals surface area contributed by atoms with Crippen LogP contribution >= 0.6 is 22.9 Å². The summed E-state index contributed by atoms with van der Waals surface area (Å²) in [6.45, 7) is 2.69. The fourth-order valence-electron chi connectivity index (χ4n) is 4.33. The van der Waals surface area contributed by atoms with E-state index in [-0.39, 0.29) is 22.4 Å². The first kappa shape index (κ1) is 24.4. The van der Waals surface area contributed by atoms with Gasteiger partial charge in [0.15, 0.2) is 5.13 Å². The van der Waals surface area contributed by atoms with Crippen molar-refractivity contribution in [2.24, 2.45) is 5.92 Å². The Hall–Kier alpha value is -3.33. The van der Waals surface area contributed by atoms with Crippen molar-refractivity contribution in [1.29, 1.82) is 0 Å². The van der Waals surface area contributed by atoms with E-state index in [1.807, 2.05) is 36.4 Å². The summed E-state index contributed by atoms with van der Waals surface area (Å²) in [5, 5.41) is 6.17. The lowest BCUT2D eigenvalue weighted by Gasteiger charge is -2.31. The number of anilines is 2. The molecule has 0 aliphatic carbocycles. The maximum Gasteiger partial charge on any atom is 0.258 e. The Morgan fingerprint density at radius 1 is 1.03 bits per heavy atom. The van der Waals surface area contributed by atoms with Crippen molar-refractivity contribution in [3.8, 4) is 0 Å². The Labute approximate surface area is 217 Å². The van der Waals surface area contributed by atoms with E-state index in [1.54, 1.807) is 0 Å². The van der Waals surface area contributed by atoms with Crippen molar-refractivity contribution in [2.45, 2.75) is 19.4 Å². The van der Waals surface area contributed by atoms with E-state index >= 15 is 0 Å². The van der Waals surface area contributed by atoms with E-state index in [2.05, 4.69) is 32.7 Å². The first-order chi connectivity index (χ1) is 17.4. The topological polar surface area (TPSA) is 74.3 Å². The number of rotatable bonds is 6. The molecule has 3 aromatic carbocycles. The van der Waals surface area contributed by atoms with Gasteiger partial charge in [0, 0.05) is 18.2 Å². The van der Waals surface area contributed by atoms with Crippen LogP contribution in [0.4, 0.5) is 15.2 Å². The summed E-state index contributed by atoms with van der Waals surface area (Å²) in [6, 6.07) is 19.5. The number of halogens is 2. The van der Waals surface area contributed by atoms with Crippen molar-refractivity contribution in [1.82, 2.24) is 9.88 Å². The molecule has 0 saturated carbocycles. The van der Waals surface area contributed by atoms with Gasteiger partial charge in [-0.1, -0.05) is 53.3 Å². The number of nitrogens with zero attached hydrogens (tertiary/aromatic N) is 2. The normalized spacial score (nSPS) is 14.6. The van der Waals surface area contributed by atoms with E-state index in [1.165, 1.54) is 29.0 Å². The number of hydrogen-bond acceptors (Lipinski definition) is 5. The zero-order chi connectivity index (χ0) is 25.1. The number of likely N-dealkylation sites (tertiary alicyclic amines) is 1. The molecule has 2 N–H and O–H groups in total. The second kappa shape index (κ2) is 10.7. The second-order valence-electron chi connectivity index (χ2n) is 8.81. The highest BCUT2D eigenvalue weighted by Crippen LogP contribution is 2.30. The molecule has 0 spiro atoms. The van der Waals surface area contributed by atoms with Crippen LogP contribution in [0, 0.1) is 11.7 Å². The summed E-state index contributed by atoms with van der Waals surface area (Å²) in [6.07, 6.45) is 1.65. The Morgan fingerprint density at radius 2 is 1.81 bits per heavy atom. The fraction of sp³-hybridized carbons (Fsp3) is 0.222. The molecule has 0 bridgehead atoms. The number of aromatic nitrogens is 1. The maximum atomic E-state index is 13.3. The van der Waals surface area contributed by atoms with E-state index < -0.39 is 11.7 Å². The number of amides is 2. The number of benzene rings is 3. The molecule has 6 nitrogen and oxygen atoms in total. The molecule has 1 aliphatic heterocycles. The van der Waals surface area contributed by atoms with Gasteiger partial charge >= 0.3 is 0 Å². The largest absolute Gasteiger partial charge is 0.326 e. The van der Waals surface area contributed by atoms with Crippen LogP contribution in [-0.4, -0.2) is 34.8 Å². The van der Waals surface area contributed by atoms with Crippen molar-refractivity contribution >= 4 is 55.8 Å². The van der Waals surface area contributed by atoms with Crippen LogP contribution in [0.1, 0.15) is 28.8 Å².